The summed E-state index contributed by atoms with van der Waals surface area (Å²) >= 11 is 5.93. The summed E-state index contributed by atoms with van der Waals surface area (Å²) in [5.74, 6) is 0. The number of imidazole rings is 1. The van der Waals surface area contributed by atoms with Crippen molar-refractivity contribution in [3.8, 4) is 0 Å². The fraction of sp³-hybridized carbons (Fsp3) is 0.389. The van der Waals surface area contributed by atoms with Crippen LogP contribution < -0.4 is 11.2 Å². The molecule has 3 aromatic rings. The third kappa shape index (κ3) is 3.32. The molecule has 0 saturated carbocycles. The molecule has 0 aliphatic rings. The van der Waals surface area contributed by atoms with Crippen molar-refractivity contribution in [3.05, 3.63) is 62.0 Å². The van der Waals surface area contributed by atoms with E-state index >= 15 is 0 Å². The average molecular weight is 377 g/mol. The molecule has 0 atom stereocenters. The maximum atomic E-state index is 12.9. The summed E-state index contributed by atoms with van der Waals surface area (Å²) in [7, 11) is 0. The molecule has 0 radical (unpaired) electrons. The molecule has 3 rings (SSSR count). The van der Waals surface area contributed by atoms with Gasteiger partial charge in [-0.25, -0.2) is 9.78 Å². The second-order valence-electron chi connectivity index (χ2n) is 6.45. The molecule has 7 nitrogen and oxygen atoms in total. The first-order chi connectivity index (χ1) is 12.4. The molecule has 1 aromatic carbocycles. The highest BCUT2D eigenvalue weighted by Gasteiger charge is 2.19. The highest BCUT2D eigenvalue weighted by Crippen LogP contribution is 2.15. The average Bonchev–Trinajstić information content (AvgIpc) is 3.00. The Morgan fingerprint density at radius 3 is 2.50 bits per heavy atom. The van der Waals surface area contributed by atoms with Crippen molar-refractivity contribution in [3.63, 3.8) is 0 Å². The number of hydrogen-bond acceptors (Lipinski definition) is 4. The number of nitrogens with zero attached hydrogens (tertiary/aromatic N) is 4. The molecule has 8 heteroatoms. The first-order valence-corrected chi connectivity index (χ1v) is 8.87. The molecule has 1 N–H and O–H groups in total. The minimum Gasteiger partial charge on any atom is -0.396 e. The van der Waals surface area contributed by atoms with Gasteiger partial charge in [0, 0.05) is 30.8 Å². The number of benzene rings is 1. The van der Waals surface area contributed by atoms with Crippen LogP contribution in [0.2, 0.25) is 5.02 Å². The van der Waals surface area contributed by atoms with Crippen LogP contribution in [0.5, 0.6) is 0 Å². The van der Waals surface area contributed by atoms with Gasteiger partial charge < -0.3 is 9.67 Å². The van der Waals surface area contributed by atoms with Gasteiger partial charge in [-0.1, -0.05) is 23.7 Å². The number of aliphatic hydroxyl groups is 1. The first-order valence-electron chi connectivity index (χ1n) is 8.49. The van der Waals surface area contributed by atoms with E-state index in [-0.39, 0.29) is 24.8 Å². The molecule has 26 heavy (non-hydrogen) atoms. The molecule has 0 saturated heterocycles. The monoisotopic (exact) mass is 376 g/mol. The summed E-state index contributed by atoms with van der Waals surface area (Å²) in [5.41, 5.74) is 0.942. The van der Waals surface area contributed by atoms with Gasteiger partial charge in [-0.15, -0.1) is 0 Å². The molecule has 0 spiro atoms. The molecule has 2 aromatic heterocycles. The van der Waals surface area contributed by atoms with Crippen LogP contribution in [0, 0.1) is 0 Å². The molecule has 2 heterocycles. The lowest BCUT2D eigenvalue weighted by molar-refractivity contribution is 0.277. The van der Waals surface area contributed by atoms with Crippen LogP contribution in [-0.4, -0.2) is 30.4 Å². The minimum absolute atomic E-state index is 0.0877. The second-order valence-corrected chi connectivity index (χ2v) is 6.89. The standard InChI is InChI=1S/C18H21ClN4O3/c1-12(2)23-16-15(17(25)22(18(23)26)8-3-9-24)21(11-20-16)10-13-4-6-14(19)7-5-13/h4-7,11-12,24H,3,8-10H2,1-2H3. The Morgan fingerprint density at radius 2 is 1.88 bits per heavy atom. The maximum Gasteiger partial charge on any atom is 0.332 e. The molecule has 0 fully saturated rings. The second kappa shape index (κ2) is 7.47. The van der Waals surface area contributed by atoms with Crippen molar-refractivity contribution >= 4 is 22.8 Å². The fourth-order valence-corrected chi connectivity index (χ4v) is 3.13. The molecular weight excluding hydrogens is 356 g/mol. The quantitative estimate of drug-likeness (QED) is 0.713. The number of halogens is 1. The highest BCUT2D eigenvalue weighted by atomic mass is 35.5. The van der Waals surface area contributed by atoms with Crippen LogP contribution in [0.1, 0.15) is 31.9 Å². The summed E-state index contributed by atoms with van der Waals surface area (Å²) < 4.78 is 4.44. The van der Waals surface area contributed by atoms with E-state index in [2.05, 4.69) is 4.98 Å². The van der Waals surface area contributed by atoms with Crippen molar-refractivity contribution in [1.29, 1.82) is 0 Å². The first kappa shape index (κ1) is 18.4. The molecule has 138 valence electrons. The van der Waals surface area contributed by atoms with Crippen molar-refractivity contribution in [2.75, 3.05) is 6.61 Å². The third-order valence-corrected chi connectivity index (χ3v) is 4.51. The predicted octanol–water partition coefficient (Wildman–Crippen LogP) is 2.02. The Balaban J connectivity index is 2.20. The predicted molar refractivity (Wildman–Crippen MR) is 101 cm³/mol. The van der Waals surface area contributed by atoms with Gasteiger partial charge in [0.05, 0.1) is 6.33 Å². The lowest BCUT2D eigenvalue weighted by Crippen LogP contribution is -2.41. The number of fused-ring (bicyclic) bond motifs is 1. The van der Waals surface area contributed by atoms with Crippen LogP contribution >= 0.6 is 11.6 Å². The summed E-state index contributed by atoms with van der Waals surface area (Å²) in [5, 5.41) is 9.72. The maximum absolute atomic E-state index is 12.9. The van der Waals surface area contributed by atoms with Gasteiger partial charge in [-0.2, -0.15) is 0 Å². The molecule has 0 amide bonds. The van der Waals surface area contributed by atoms with Crippen molar-refractivity contribution in [2.45, 2.75) is 39.4 Å². The van der Waals surface area contributed by atoms with Crippen LogP contribution in [0.3, 0.4) is 0 Å². The van der Waals surface area contributed by atoms with Crippen LogP contribution in [-0.2, 0) is 13.1 Å². The van der Waals surface area contributed by atoms with E-state index in [4.69, 9.17) is 16.7 Å². The molecule has 0 aliphatic heterocycles. The summed E-state index contributed by atoms with van der Waals surface area (Å²) in [6, 6.07) is 7.21. The van der Waals surface area contributed by atoms with Crippen molar-refractivity contribution < 1.29 is 5.11 Å². The number of hydrogen-bond donors (Lipinski definition) is 1. The van der Waals surface area contributed by atoms with E-state index in [0.717, 1.165) is 5.56 Å². The molecule has 0 unspecified atom stereocenters. The smallest absolute Gasteiger partial charge is 0.332 e. The fourth-order valence-electron chi connectivity index (χ4n) is 3.00. The van der Waals surface area contributed by atoms with Gasteiger partial charge in [-0.05, 0) is 38.0 Å². The van der Waals surface area contributed by atoms with Gasteiger partial charge in [0.15, 0.2) is 11.2 Å². The van der Waals surface area contributed by atoms with Gasteiger partial charge in [-0.3, -0.25) is 13.9 Å². The number of aromatic nitrogens is 4. The van der Waals surface area contributed by atoms with Gasteiger partial charge in [0.2, 0.25) is 0 Å². The Morgan fingerprint density at radius 1 is 1.19 bits per heavy atom. The van der Waals surface area contributed by atoms with Crippen LogP contribution in [0.15, 0.2) is 40.2 Å². The van der Waals surface area contributed by atoms with E-state index in [9.17, 15) is 9.59 Å². The number of rotatable bonds is 6. The number of aliphatic hydroxyl groups excluding tert-OH is 1. The zero-order valence-corrected chi connectivity index (χ0v) is 15.5. The molecule has 0 aliphatic carbocycles. The normalized spacial score (nSPS) is 11.6. The van der Waals surface area contributed by atoms with Gasteiger partial charge in [0.25, 0.3) is 5.56 Å². The van der Waals surface area contributed by atoms with E-state index in [1.807, 2.05) is 26.0 Å². The Labute approximate surface area is 155 Å². The van der Waals surface area contributed by atoms with Crippen molar-refractivity contribution in [2.24, 2.45) is 0 Å². The van der Waals surface area contributed by atoms with Gasteiger partial charge >= 0.3 is 5.69 Å². The van der Waals surface area contributed by atoms with Crippen LogP contribution in [0.25, 0.3) is 11.2 Å². The topological polar surface area (TPSA) is 82.0 Å². The van der Waals surface area contributed by atoms with E-state index in [1.54, 1.807) is 23.0 Å². The lowest BCUT2D eigenvalue weighted by atomic mass is 10.2. The Hall–Kier alpha value is -2.38. The van der Waals surface area contributed by atoms with Gasteiger partial charge in [0.1, 0.15) is 0 Å². The van der Waals surface area contributed by atoms with E-state index in [1.165, 1.54) is 9.13 Å². The minimum atomic E-state index is -0.400. The SMILES string of the molecule is CC(C)n1c(=O)n(CCCO)c(=O)c2c1ncn2Cc1ccc(Cl)cc1. The zero-order chi connectivity index (χ0) is 18.8. The van der Waals surface area contributed by atoms with Crippen molar-refractivity contribution in [1.82, 2.24) is 18.7 Å². The van der Waals surface area contributed by atoms with E-state index in [0.29, 0.717) is 29.2 Å². The third-order valence-electron chi connectivity index (χ3n) is 4.25. The molecule has 0 bridgehead atoms. The summed E-state index contributed by atoms with van der Waals surface area (Å²) in [6.07, 6.45) is 1.92. The van der Waals surface area contributed by atoms with Crippen LogP contribution in [0.4, 0.5) is 0 Å². The lowest BCUT2D eigenvalue weighted by Gasteiger charge is -2.14. The summed E-state index contributed by atoms with van der Waals surface area (Å²) in [6.45, 7) is 4.28. The van der Waals surface area contributed by atoms with E-state index < -0.39 is 5.69 Å². The zero-order valence-electron chi connectivity index (χ0n) is 14.7. The Bertz CT molecular complexity index is 1030. The summed E-state index contributed by atoms with van der Waals surface area (Å²) in [4.78, 5) is 30.0. The molecular formula is C18H21ClN4O3. The highest BCUT2D eigenvalue weighted by molar-refractivity contribution is 6.30. The Kier molecular flexibility index (Phi) is 5.29. The largest absolute Gasteiger partial charge is 0.396 e.